The van der Waals surface area contributed by atoms with Crippen LogP contribution in [0.2, 0.25) is 0 Å². The summed E-state index contributed by atoms with van der Waals surface area (Å²) in [6, 6.07) is 1.00. The molecule has 1 aromatic rings. The highest BCUT2D eigenvalue weighted by molar-refractivity contribution is 5.94. The predicted molar refractivity (Wildman–Crippen MR) is 66.9 cm³/mol. The fourth-order valence-electron chi connectivity index (χ4n) is 2.32. The van der Waals surface area contributed by atoms with Crippen molar-refractivity contribution in [1.29, 1.82) is 0 Å². The zero-order chi connectivity index (χ0) is 14.7. The van der Waals surface area contributed by atoms with E-state index in [2.05, 4.69) is 10.3 Å². The van der Waals surface area contributed by atoms with Gasteiger partial charge in [-0.3, -0.25) is 9.59 Å². The van der Waals surface area contributed by atoms with Crippen molar-refractivity contribution >= 4 is 11.8 Å². The molecule has 0 radical (unpaired) electrons. The third kappa shape index (κ3) is 3.09. The van der Waals surface area contributed by atoms with Gasteiger partial charge in [-0.1, -0.05) is 0 Å². The molecule has 2 amide bonds. The first-order valence-electron chi connectivity index (χ1n) is 6.35. The Kier molecular flexibility index (Phi) is 4.26. The maximum atomic E-state index is 13.6. The van der Waals surface area contributed by atoms with Crippen LogP contribution in [-0.4, -0.2) is 40.8 Å². The van der Waals surface area contributed by atoms with Crippen LogP contribution in [-0.2, 0) is 4.79 Å². The predicted octanol–water partition coefficient (Wildman–Crippen LogP) is 1.10. The highest BCUT2D eigenvalue weighted by Crippen LogP contribution is 2.16. The fourth-order valence-corrected chi connectivity index (χ4v) is 2.32. The van der Waals surface area contributed by atoms with Crippen molar-refractivity contribution in [2.24, 2.45) is 0 Å². The van der Waals surface area contributed by atoms with Gasteiger partial charge in [0.2, 0.25) is 11.9 Å². The molecule has 0 saturated carbocycles. The lowest BCUT2D eigenvalue weighted by molar-refractivity contribution is -0.120. The van der Waals surface area contributed by atoms with E-state index in [1.807, 2.05) is 0 Å². The quantitative estimate of drug-likeness (QED) is 0.827. The van der Waals surface area contributed by atoms with E-state index in [4.69, 9.17) is 0 Å². The van der Waals surface area contributed by atoms with Gasteiger partial charge in [0.15, 0.2) is 5.82 Å². The third-order valence-electron chi connectivity index (χ3n) is 3.19. The van der Waals surface area contributed by atoms with E-state index in [-0.39, 0.29) is 17.5 Å². The number of aromatic nitrogens is 1. The summed E-state index contributed by atoms with van der Waals surface area (Å²) in [5.41, 5.74) is -0.332. The Balaban J connectivity index is 2.12. The largest absolute Gasteiger partial charge is 0.352 e. The molecular formula is C13H15F2N3O2. The SMILES string of the molecule is CC(=O)NC1CCCN(C(=O)c2ccnc(F)c2F)C1. The van der Waals surface area contributed by atoms with Gasteiger partial charge in [-0.05, 0) is 18.9 Å². The zero-order valence-corrected chi connectivity index (χ0v) is 11.0. The molecule has 1 N–H and O–H groups in total. The summed E-state index contributed by atoms with van der Waals surface area (Å²) in [7, 11) is 0. The molecule has 108 valence electrons. The third-order valence-corrected chi connectivity index (χ3v) is 3.19. The number of likely N-dealkylation sites (tertiary alicyclic amines) is 1. The van der Waals surface area contributed by atoms with Gasteiger partial charge in [0, 0.05) is 32.3 Å². The van der Waals surface area contributed by atoms with Crippen LogP contribution in [0.15, 0.2) is 12.3 Å². The normalized spacial score (nSPS) is 18.8. The van der Waals surface area contributed by atoms with Crippen LogP contribution in [0.1, 0.15) is 30.1 Å². The van der Waals surface area contributed by atoms with Crippen molar-refractivity contribution in [3.63, 3.8) is 0 Å². The Morgan fingerprint density at radius 3 is 2.90 bits per heavy atom. The van der Waals surface area contributed by atoms with E-state index in [9.17, 15) is 18.4 Å². The number of rotatable bonds is 2. The number of piperidine rings is 1. The molecular weight excluding hydrogens is 268 g/mol. The van der Waals surface area contributed by atoms with Gasteiger partial charge in [-0.2, -0.15) is 4.39 Å². The lowest BCUT2D eigenvalue weighted by Crippen LogP contribution is -2.49. The summed E-state index contributed by atoms with van der Waals surface area (Å²) in [6.07, 6.45) is 2.52. The molecule has 1 aliphatic rings. The van der Waals surface area contributed by atoms with Crippen LogP contribution in [0.4, 0.5) is 8.78 Å². The van der Waals surface area contributed by atoms with Crippen LogP contribution in [0.5, 0.6) is 0 Å². The molecule has 1 aromatic heterocycles. The van der Waals surface area contributed by atoms with E-state index in [1.54, 1.807) is 0 Å². The number of nitrogens with one attached hydrogen (secondary N) is 1. The Hall–Kier alpha value is -2.05. The Labute approximate surface area is 115 Å². The summed E-state index contributed by atoms with van der Waals surface area (Å²) < 4.78 is 26.6. The van der Waals surface area contributed by atoms with E-state index in [0.717, 1.165) is 18.7 Å². The molecule has 7 heteroatoms. The highest BCUT2D eigenvalue weighted by atomic mass is 19.2. The number of nitrogens with zero attached hydrogens (tertiary/aromatic N) is 2. The van der Waals surface area contributed by atoms with Crippen molar-refractivity contribution in [2.45, 2.75) is 25.8 Å². The summed E-state index contributed by atoms with van der Waals surface area (Å²) in [4.78, 5) is 27.8. The molecule has 2 rings (SSSR count). The number of carbonyl (C=O) groups excluding carboxylic acids is 2. The molecule has 2 heterocycles. The van der Waals surface area contributed by atoms with Gasteiger partial charge >= 0.3 is 0 Å². The average Bonchev–Trinajstić information content (AvgIpc) is 2.41. The first-order chi connectivity index (χ1) is 9.49. The number of pyridine rings is 1. The first-order valence-corrected chi connectivity index (χ1v) is 6.35. The molecule has 1 aliphatic heterocycles. The van der Waals surface area contributed by atoms with Crippen LogP contribution < -0.4 is 5.32 Å². The second-order valence-corrected chi connectivity index (χ2v) is 4.75. The van der Waals surface area contributed by atoms with Crippen molar-refractivity contribution in [2.75, 3.05) is 13.1 Å². The maximum Gasteiger partial charge on any atom is 0.257 e. The lowest BCUT2D eigenvalue weighted by Gasteiger charge is -2.33. The van der Waals surface area contributed by atoms with Crippen molar-refractivity contribution in [3.05, 3.63) is 29.6 Å². The average molecular weight is 283 g/mol. The van der Waals surface area contributed by atoms with Crippen LogP contribution in [0.3, 0.4) is 0 Å². The van der Waals surface area contributed by atoms with Gasteiger partial charge < -0.3 is 10.2 Å². The van der Waals surface area contributed by atoms with Gasteiger partial charge in [0.25, 0.3) is 5.91 Å². The van der Waals surface area contributed by atoms with Gasteiger partial charge in [0.1, 0.15) is 0 Å². The van der Waals surface area contributed by atoms with E-state index in [0.29, 0.717) is 19.5 Å². The maximum absolute atomic E-state index is 13.6. The smallest absolute Gasteiger partial charge is 0.257 e. The first kappa shape index (κ1) is 14.4. The van der Waals surface area contributed by atoms with Gasteiger partial charge in [-0.15, -0.1) is 0 Å². The number of hydrogen-bond acceptors (Lipinski definition) is 3. The highest BCUT2D eigenvalue weighted by Gasteiger charge is 2.27. The van der Waals surface area contributed by atoms with Crippen molar-refractivity contribution < 1.29 is 18.4 Å². The minimum Gasteiger partial charge on any atom is -0.352 e. The van der Waals surface area contributed by atoms with Crippen molar-refractivity contribution in [3.8, 4) is 0 Å². The van der Waals surface area contributed by atoms with Gasteiger partial charge in [-0.25, -0.2) is 9.37 Å². The monoisotopic (exact) mass is 283 g/mol. The van der Waals surface area contributed by atoms with Gasteiger partial charge in [0.05, 0.1) is 5.56 Å². The number of halogens is 2. The number of carbonyl (C=O) groups is 2. The van der Waals surface area contributed by atoms with E-state index in [1.165, 1.54) is 11.8 Å². The fraction of sp³-hybridized carbons (Fsp3) is 0.462. The topological polar surface area (TPSA) is 62.3 Å². The molecule has 0 spiro atoms. The number of hydrogen-bond donors (Lipinski definition) is 1. The summed E-state index contributed by atoms with van der Waals surface area (Å²) in [6.45, 7) is 2.15. The van der Waals surface area contributed by atoms with E-state index >= 15 is 0 Å². The Bertz CT molecular complexity index is 536. The van der Waals surface area contributed by atoms with Crippen LogP contribution in [0, 0.1) is 11.8 Å². The molecule has 20 heavy (non-hydrogen) atoms. The molecule has 0 aliphatic carbocycles. The zero-order valence-electron chi connectivity index (χ0n) is 11.0. The number of amides is 2. The lowest BCUT2D eigenvalue weighted by atomic mass is 10.0. The minimum atomic E-state index is -1.29. The molecule has 1 unspecified atom stereocenters. The summed E-state index contributed by atoms with van der Waals surface area (Å²) in [5, 5.41) is 2.73. The molecule has 1 atom stereocenters. The molecule has 1 fully saturated rings. The summed E-state index contributed by atoms with van der Waals surface area (Å²) >= 11 is 0. The minimum absolute atomic E-state index is 0.153. The second-order valence-electron chi connectivity index (χ2n) is 4.75. The van der Waals surface area contributed by atoms with Crippen molar-refractivity contribution in [1.82, 2.24) is 15.2 Å². The molecule has 1 saturated heterocycles. The van der Waals surface area contributed by atoms with Crippen LogP contribution >= 0.6 is 0 Å². The molecule has 5 nitrogen and oxygen atoms in total. The standard InChI is InChI=1S/C13H15F2N3O2/c1-8(19)17-9-3-2-6-18(7-9)13(20)10-4-5-16-12(15)11(10)14/h4-5,9H,2-3,6-7H2,1H3,(H,17,19). The molecule has 0 aromatic carbocycles. The van der Waals surface area contributed by atoms with Crippen LogP contribution in [0.25, 0.3) is 0 Å². The second kappa shape index (κ2) is 5.94. The molecule has 0 bridgehead atoms. The Morgan fingerprint density at radius 1 is 1.45 bits per heavy atom. The Morgan fingerprint density at radius 2 is 2.20 bits per heavy atom. The summed E-state index contributed by atoms with van der Waals surface area (Å²) in [5.74, 6) is -3.28. The van der Waals surface area contributed by atoms with E-state index < -0.39 is 17.7 Å².